The van der Waals surface area contributed by atoms with Crippen molar-refractivity contribution in [1.82, 2.24) is 0 Å². The zero-order valence-corrected chi connectivity index (χ0v) is 30.0. The van der Waals surface area contributed by atoms with Crippen LogP contribution in [0.5, 0.6) is 0 Å². The van der Waals surface area contributed by atoms with Crippen LogP contribution in [0.3, 0.4) is 0 Å². The molecule has 4 aliphatic carbocycles. The van der Waals surface area contributed by atoms with E-state index < -0.39 is 0 Å². The fourth-order valence-electron chi connectivity index (χ4n) is 12.7. The van der Waals surface area contributed by atoms with Crippen LogP contribution in [0, 0.1) is 34.5 Å². The molecule has 0 radical (unpaired) electrons. The van der Waals surface area contributed by atoms with Gasteiger partial charge in [-0.15, -0.1) is 0 Å². The third kappa shape index (κ3) is 6.04. The molecule has 45 heavy (non-hydrogen) atoms. The molecule has 4 saturated carbocycles. The van der Waals surface area contributed by atoms with E-state index in [1.807, 2.05) is 0 Å². The molecule has 0 N–H and O–H groups in total. The van der Waals surface area contributed by atoms with Gasteiger partial charge in [0.2, 0.25) is 0 Å². The summed E-state index contributed by atoms with van der Waals surface area (Å²) in [5.41, 5.74) is 0.367. The second kappa shape index (κ2) is 13.1. The molecule has 0 bridgehead atoms. The Morgan fingerprint density at radius 3 is 1.87 bits per heavy atom. The van der Waals surface area contributed by atoms with Crippen LogP contribution in [0.1, 0.15) is 137 Å². The number of fused-ring (bicyclic) bond motifs is 5. The van der Waals surface area contributed by atoms with Crippen LogP contribution in [-0.2, 0) is 19.1 Å². The van der Waals surface area contributed by atoms with Gasteiger partial charge in [0.05, 0.1) is 40.3 Å². The molecule has 2 aliphatic heterocycles. The maximum Gasteiger partial charge on any atom is 0.306 e. The maximum absolute atomic E-state index is 13.2. The largest absolute Gasteiger partial charge is 0.456 e. The quantitative estimate of drug-likeness (QED) is 0.205. The van der Waals surface area contributed by atoms with Crippen molar-refractivity contribution in [2.45, 2.75) is 161 Å². The first kappa shape index (κ1) is 33.7. The van der Waals surface area contributed by atoms with E-state index in [-0.39, 0.29) is 35.0 Å². The lowest BCUT2D eigenvalue weighted by Gasteiger charge is -2.63. The van der Waals surface area contributed by atoms with E-state index in [1.165, 1.54) is 103 Å². The molecule has 0 aromatic heterocycles. The molecule has 6 fully saturated rings. The molecule has 0 amide bonds. The van der Waals surface area contributed by atoms with Crippen molar-refractivity contribution in [1.29, 1.82) is 0 Å². The Labute approximate surface area is 275 Å². The molecule has 6 heteroatoms. The SMILES string of the molecule is CCCC(=O)O[C@H]1C[C@@H]2CC[C@@H]3[C@H](CC[C@@]4(C)[C@H]3C[C@H]([N+]3(C)CCCCC3)[C@@H]4OC(=O)CCC)[C@@]2(C)C[C@@H]1[N+]1(C)CCCCC1. The normalized spacial score (nSPS) is 43.8. The minimum Gasteiger partial charge on any atom is -0.456 e. The smallest absolute Gasteiger partial charge is 0.306 e. The van der Waals surface area contributed by atoms with Crippen LogP contribution in [0.25, 0.3) is 0 Å². The van der Waals surface area contributed by atoms with Gasteiger partial charge in [-0.2, -0.15) is 0 Å². The number of likely N-dealkylation sites (tertiary alicyclic amines) is 2. The van der Waals surface area contributed by atoms with Crippen molar-refractivity contribution in [2.75, 3.05) is 40.3 Å². The molecular formula is C39H68N2O4+2. The Morgan fingerprint density at radius 1 is 0.689 bits per heavy atom. The number of nitrogens with zero attached hydrogens (tertiary/aromatic N) is 2. The number of likely N-dealkylation sites (N-methyl/N-ethyl adjacent to an activating group) is 2. The zero-order valence-electron chi connectivity index (χ0n) is 30.0. The van der Waals surface area contributed by atoms with Crippen molar-refractivity contribution in [3.05, 3.63) is 0 Å². The fraction of sp³-hybridized carbons (Fsp3) is 0.949. The number of carbonyl (C=O) groups is 2. The summed E-state index contributed by atoms with van der Waals surface area (Å²) in [5.74, 6) is 2.76. The summed E-state index contributed by atoms with van der Waals surface area (Å²) in [5, 5.41) is 0. The highest BCUT2D eigenvalue weighted by atomic mass is 16.5. The Bertz CT molecular complexity index is 1070. The molecule has 0 aromatic rings. The summed E-state index contributed by atoms with van der Waals surface area (Å²) in [6.07, 6.45) is 19.3. The molecule has 256 valence electrons. The van der Waals surface area contributed by atoms with E-state index in [0.717, 1.165) is 34.1 Å². The summed E-state index contributed by atoms with van der Waals surface area (Å²) in [6.45, 7) is 14.3. The van der Waals surface area contributed by atoms with Crippen molar-refractivity contribution in [3.8, 4) is 0 Å². The lowest BCUT2D eigenvalue weighted by atomic mass is 9.44. The molecule has 6 rings (SSSR count). The van der Waals surface area contributed by atoms with Gasteiger partial charge in [-0.1, -0.05) is 27.7 Å². The van der Waals surface area contributed by atoms with Gasteiger partial charge in [0.1, 0.15) is 12.1 Å². The highest BCUT2D eigenvalue weighted by Crippen LogP contribution is 2.68. The Kier molecular flexibility index (Phi) is 9.79. The van der Waals surface area contributed by atoms with Crippen LogP contribution >= 0.6 is 0 Å². The van der Waals surface area contributed by atoms with Gasteiger partial charge in [-0.3, -0.25) is 9.59 Å². The predicted molar refractivity (Wildman–Crippen MR) is 179 cm³/mol. The van der Waals surface area contributed by atoms with Gasteiger partial charge in [0.25, 0.3) is 0 Å². The maximum atomic E-state index is 13.2. The summed E-state index contributed by atoms with van der Waals surface area (Å²) < 4.78 is 15.3. The van der Waals surface area contributed by atoms with E-state index in [2.05, 4.69) is 41.8 Å². The van der Waals surface area contributed by atoms with Gasteiger partial charge in [-0.05, 0) is 113 Å². The van der Waals surface area contributed by atoms with E-state index >= 15 is 0 Å². The van der Waals surface area contributed by atoms with Gasteiger partial charge in [-0.25, -0.2) is 0 Å². The van der Waals surface area contributed by atoms with Gasteiger partial charge >= 0.3 is 11.9 Å². The number of hydrogen-bond donors (Lipinski definition) is 0. The molecule has 6 aliphatic rings. The van der Waals surface area contributed by atoms with Gasteiger partial charge in [0, 0.05) is 31.1 Å². The second-order valence-corrected chi connectivity index (χ2v) is 17.9. The van der Waals surface area contributed by atoms with E-state index in [4.69, 9.17) is 9.47 Å². The van der Waals surface area contributed by atoms with Crippen molar-refractivity contribution < 1.29 is 28.0 Å². The lowest BCUT2D eigenvalue weighted by Crippen LogP contribution is -2.66. The molecule has 0 unspecified atom stereocenters. The number of esters is 2. The van der Waals surface area contributed by atoms with Crippen LogP contribution in [-0.4, -0.2) is 85.5 Å². The van der Waals surface area contributed by atoms with Gasteiger partial charge < -0.3 is 18.4 Å². The Balaban J connectivity index is 1.29. The van der Waals surface area contributed by atoms with Crippen molar-refractivity contribution >= 4 is 11.9 Å². The first-order chi connectivity index (χ1) is 21.5. The van der Waals surface area contributed by atoms with Crippen LogP contribution in [0.4, 0.5) is 0 Å². The minimum absolute atomic E-state index is 0.0248. The summed E-state index contributed by atoms with van der Waals surface area (Å²) in [4.78, 5) is 26.1. The number of ether oxygens (including phenoxy) is 2. The molecule has 0 aromatic carbocycles. The molecular weight excluding hydrogens is 560 g/mol. The van der Waals surface area contributed by atoms with Crippen LogP contribution < -0.4 is 0 Å². The molecule has 0 spiro atoms. The molecule has 2 saturated heterocycles. The lowest BCUT2D eigenvalue weighted by molar-refractivity contribution is -0.943. The molecule has 6 nitrogen and oxygen atoms in total. The number of quaternary nitrogens is 2. The number of rotatable bonds is 8. The third-order valence-electron chi connectivity index (χ3n) is 15.3. The van der Waals surface area contributed by atoms with Crippen molar-refractivity contribution in [2.24, 2.45) is 34.5 Å². The summed E-state index contributed by atoms with van der Waals surface area (Å²) in [6, 6.07) is 0.848. The molecule has 2 heterocycles. The van der Waals surface area contributed by atoms with Gasteiger partial charge in [0.15, 0.2) is 12.2 Å². The summed E-state index contributed by atoms with van der Waals surface area (Å²) >= 11 is 0. The topological polar surface area (TPSA) is 52.6 Å². The first-order valence-corrected chi connectivity index (χ1v) is 19.5. The Morgan fingerprint density at radius 2 is 1.27 bits per heavy atom. The van der Waals surface area contributed by atoms with E-state index in [9.17, 15) is 9.59 Å². The average molecular weight is 629 g/mol. The highest BCUT2D eigenvalue weighted by Gasteiger charge is 2.68. The average Bonchev–Trinajstić information content (AvgIpc) is 3.31. The minimum atomic E-state index is 0.0248. The predicted octanol–water partition coefficient (Wildman–Crippen LogP) is 7.67. The monoisotopic (exact) mass is 629 g/mol. The summed E-state index contributed by atoms with van der Waals surface area (Å²) in [7, 11) is 4.99. The van der Waals surface area contributed by atoms with E-state index in [1.54, 1.807) is 0 Å². The number of carbonyl (C=O) groups excluding carboxylic acids is 2. The third-order valence-corrected chi connectivity index (χ3v) is 15.3. The van der Waals surface area contributed by atoms with Crippen LogP contribution in [0.2, 0.25) is 0 Å². The number of hydrogen-bond acceptors (Lipinski definition) is 4. The van der Waals surface area contributed by atoms with Crippen molar-refractivity contribution in [3.63, 3.8) is 0 Å². The first-order valence-electron chi connectivity index (χ1n) is 19.5. The number of piperidine rings is 2. The fourth-order valence-corrected chi connectivity index (χ4v) is 12.7. The van der Waals surface area contributed by atoms with Crippen LogP contribution in [0.15, 0.2) is 0 Å². The second-order valence-electron chi connectivity index (χ2n) is 17.9. The standard InChI is InChI=1S/C39H68N2O4/c1-7-15-35(42)44-34-25-28-17-18-29-30(39(28,4)27-33(34)41(6)23-13-10-14-24-41)19-20-38(3)31(29)26-32(37(38)45-36(43)16-8-2)40(5)21-11-9-12-22-40/h28-34,37H,7-27H2,1-6H3/q+2/t28-,29+,30-,31-,32-,33-,34-,37-,38-,39-/m0/s1. The zero-order chi connectivity index (χ0) is 32.0. The Hall–Kier alpha value is -1.14. The highest BCUT2D eigenvalue weighted by molar-refractivity contribution is 5.70. The van der Waals surface area contributed by atoms with E-state index in [0.29, 0.717) is 42.7 Å². The molecule has 10 atom stereocenters.